The van der Waals surface area contributed by atoms with Gasteiger partial charge in [-0.05, 0) is 0 Å². The molecule has 2 rings (SSSR count). The summed E-state index contributed by atoms with van der Waals surface area (Å²) in [6.45, 7) is 0. The van der Waals surface area contributed by atoms with Crippen molar-refractivity contribution in [1.29, 1.82) is 0 Å². The molecule has 7 heteroatoms. The Morgan fingerprint density at radius 1 is 0.762 bits per heavy atom. The highest BCUT2D eigenvalue weighted by molar-refractivity contribution is 6.14. The van der Waals surface area contributed by atoms with Gasteiger partial charge in [-0.15, -0.1) is 0 Å². The Balaban J connectivity index is 2.80. The van der Waals surface area contributed by atoms with Gasteiger partial charge in [-0.3, -0.25) is 4.79 Å². The van der Waals surface area contributed by atoms with Crippen molar-refractivity contribution in [2.45, 2.75) is 0 Å². The molecule has 0 fully saturated rings. The van der Waals surface area contributed by atoms with Crippen molar-refractivity contribution >= 4 is 11.8 Å². The molecular weight excluding hydrogens is 292 g/mol. The highest BCUT2D eigenvalue weighted by Gasteiger charge is 2.32. The zero-order valence-electron chi connectivity index (χ0n) is 10.2. The number of carbonyl (C=O) groups excluding carboxylic acids is 1. The Morgan fingerprint density at radius 3 is 1.71 bits per heavy atom. The Hall–Kier alpha value is -2.70. The number of ketones is 1. The van der Waals surface area contributed by atoms with Gasteiger partial charge >= 0.3 is 5.97 Å². The van der Waals surface area contributed by atoms with Crippen LogP contribution in [0.2, 0.25) is 0 Å². The van der Waals surface area contributed by atoms with Gasteiger partial charge in [0.1, 0.15) is 5.56 Å². The predicted molar refractivity (Wildman–Crippen MR) is 63.1 cm³/mol. The van der Waals surface area contributed by atoms with E-state index in [0.29, 0.717) is 0 Å². The molecule has 1 N–H and O–H groups in total. The van der Waals surface area contributed by atoms with Crippen LogP contribution in [0.1, 0.15) is 26.3 Å². The van der Waals surface area contributed by atoms with Gasteiger partial charge in [0.2, 0.25) is 0 Å². The Morgan fingerprint density at radius 2 is 1.24 bits per heavy atom. The SMILES string of the molecule is O=C(O)c1c(F)c(F)c(F)c(F)c1C(=O)c1ccccc1. The highest BCUT2D eigenvalue weighted by atomic mass is 19.2. The van der Waals surface area contributed by atoms with Crippen LogP contribution in [-0.2, 0) is 0 Å². The first kappa shape index (κ1) is 14.7. The molecule has 0 aliphatic heterocycles. The number of aromatic carboxylic acids is 1. The maximum Gasteiger partial charge on any atom is 0.339 e. The molecule has 0 aliphatic rings. The zero-order chi connectivity index (χ0) is 15.7. The number of benzene rings is 2. The maximum atomic E-state index is 13.7. The third kappa shape index (κ3) is 2.37. The number of carboxylic acid groups (broad SMARTS) is 1. The molecule has 108 valence electrons. The van der Waals surface area contributed by atoms with Crippen LogP contribution in [0.5, 0.6) is 0 Å². The van der Waals surface area contributed by atoms with Gasteiger partial charge in [-0.1, -0.05) is 30.3 Å². The molecule has 0 radical (unpaired) electrons. The van der Waals surface area contributed by atoms with E-state index in [1.807, 2.05) is 0 Å². The zero-order valence-corrected chi connectivity index (χ0v) is 10.2. The minimum absolute atomic E-state index is 0.190. The average molecular weight is 298 g/mol. The lowest BCUT2D eigenvalue weighted by molar-refractivity contribution is 0.0684. The molecule has 3 nitrogen and oxygen atoms in total. The maximum absolute atomic E-state index is 13.7. The van der Waals surface area contributed by atoms with Crippen molar-refractivity contribution in [3.8, 4) is 0 Å². The van der Waals surface area contributed by atoms with Crippen molar-refractivity contribution in [2.24, 2.45) is 0 Å². The van der Waals surface area contributed by atoms with Crippen molar-refractivity contribution in [2.75, 3.05) is 0 Å². The molecule has 0 saturated heterocycles. The van der Waals surface area contributed by atoms with Gasteiger partial charge in [-0.25, -0.2) is 22.4 Å². The summed E-state index contributed by atoms with van der Waals surface area (Å²) in [7, 11) is 0. The number of carbonyl (C=O) groups is 2. The van der Waals surface area contributed by atoms with E-state index in [1.54, 1.807) is 0 Å². The molecule has 0 aromatic heterocycles. The third-order valence-electron chi connectivity index (χ3n) is 2.74. The van der Waals surface area contributed by atoms with Crippen LogP contribution in [0.15, 0.2) is 30.3 Å². The number of rotatable bonds is 3. The summed E-state index contributed by atoms with van der Waals surface area (Å²) in [4.78, 5) is 23.0. The summed E-state index contributed by atoms with van der Waals surface area (Å²) in [5, 5.41) is 8.83. The fourth-order valence-corrected chi connectivity index (χ4v) is 1.78. The van der Waals surface area contributed by atoms with Gasteiger partial charge in [-0.2, -0.15) is 0 Å². The number of carboxylic acids is 1. The van der Waals surface area contributed by atoms with Crippen LogP contribution in [0.25, 0.3) is 0 Å². The summed E-state index contributed by atoms with van der Waals surface area (Å²) in [5.74, 6) is -12.0. The number of hydrogen-bond donors (Lipinski definition) is 1. The van der Waals surface area contributed by atoms with Crippen molar-refractivity contribution in [1.82, 2.24) is 0 Å². The molecule has 2 aromatic rings. The number of hydrogen-bond acceptors (Lipinski definition) is 2. The molecule has 0 amide bonds. The minimum Gasteiger partial charge on any atom is -0.478 e. The first-order chi connectivity index (χ1) is 9.86. The quantitative estimate of drug-likeness (QED) is 0.410. The van der Waals surface area contributed by atoms with Crippen LogP contribution in [0, 0.1) is 23.3 Å². The minimum atomic E-state index is -2.28. The second kappa shape index (κ2) is 5.35. The largest absolute Gasteiger partial charge is 0.478 e. The second-order valence-electron chi connectivity index (χ2n) is 4.01. The van der Waals surface area contributed by atoms with Crippen LogP contribution < -0.4 is 0 Å². The highest BCUT2D eigenvalue weighted by Crippen LogP contribution is 2.26. The monoisotopic (exact) mass is 298 g/mol. The average Bonchev–Trinajstić information content (AvgIpc) is 2.48. The molecule has 0 saturated carbocycles. The van der Waals surface area contributed by atoms with Gasteiger partial charge in [0, 0.05) is 5.56 Å². The lowest BCUT2D eigenvalue weighted by Gasteiger charge is -2.10. The van der Waals surface area contributed by atoms with E-state index in [4.69, 9.17) is 5.11 Å². The molecule has 2 aromatic carbocycles. The molecule has 0 unspecified atom stereocenters. The Labute approximate surface area is 115 Å². The van der Waals surface area contributed by atoms with Gasteiger partial charge in [0.05, 0.1) is 5.56 Å². The molecule has 21 heavy (non-hydrogen) atoms. The van der Waals surface area contributed by atoms with E-state index in [-0.39, 0.29) is 5.56 Å². The van der Waals surface area contributed by atoms with E-state index in [2.05, 4.69) is 0 Å². The third-order valence-corrected chi connectivity index (χ3v) is 2.74. The summed E-state index contributed by atoms with van der Waals surface area (Å²) >= 11 is 0. The van der Waals surface area contributed by atoms with Crippen molar-refractivity contribution in [3.63, 3.8) is 0 Å². The van der Waals surface area contributed by atoms with Crippen LogP contribution in [0.4, 0.5) is 17.6 Å². The normalized spacial score (nSPS) is 10.5. The Bertz CT molecular complexity index is 742. The molecule has 0 spiro atoms. The first-order valence-corrected chi connectivity index (χ1v) is 5.55. The molecular formula is C14H6F4O3. The van der Waals surface area contributed by atoms with E-state index >= 15 is 0 Å². The van der Waals surface area contributed by atoms with Crippen LogP contribution in [-0.4, -0.2) is 16.9 Å². The first-order valence-electron chi connectivity index (χ1n) is 5.55. The lowest BCUT2D eigenvalue weighted by atomic mass is 9.96. The van der Waals surface area contributed by atoms with Gasteiger partial charge in [0.25, 0.3) is 0 Å². The predicted octanol–water partition coefficient (Wildman–Crippen LogP) is 3.17. The molecule has 0 heterocycles. The topological polar surface area (TPSA) is 54.4 Å². The standard InChI is InChI=1S/C14H6F4O3/c15-9-7(13(19)6-4-2-1-3-5-6)8(14(20)21)10(16)12(18)11(9)17/h1-5H,(H,20,21). The van der Waals surface area contributed by atoms with Crippen molar-refractivity contribution in [3.05, 3.63) is 70.3 Å². The van der Waals surface area contributed by atoms with E-state index in [0.717, 1.165) is 0 Å². The van der Waals surface area contributed by atoms with E-state index in [1.165, 1.54) is 30.3 Å². The fourth-order valence-electron chi connectivity index (χ4n) is 1.78. The van der Waals surface area contributed by atoms with E-state index < -0.39 is 46.1 Å². The summed E-state index contributed by atoms with van der Waals surface area (Å²) in [5.41, 5.74) is -3.09. The summed E-state index contributed by atoms with van der Waals surface area (Å²) < 4.78 is 53.6. The molecule has 0 aliphatic carbocycles. The summed E-state index contributed by atoms with van der Waals surface area (Å²) in [6.07, 6.45) is 0. The fraction of sp³-hybridized carbons (Fsp3) is 0. The smallest absolute Gasteiger partial charge is 0.339 e. The number of halogens is 4. The Kier molecular flexibility index (Phi) is 3.75. The van der Waals surface area contributed by atoms with Gasteiger partial charge in [0.15, 0.2) is 29.1 Å². The summed E-state index contributed by atoms with van der Waals surface area (Å²) in [6, 6.07) is 6.71. The van der Waals surface area contributed by atoms with Crippen LogP contribution in [0.3, 0.4) is 0 Å². The lowest BCUT2D eigenvalue weighted by Crippen LogP contribution is -2.18. The van der Waals surface area contributed by atoms with Crippen LogP contribution >= 0.6 is 0 Å². The van der Waals surface area contributed by atoms with Gasteiger partial charge < -0.3 is 5.11 Å². The molecule has 0 bridgehead atoms. The van der Waals surface area contributed by atoms with Crippen molar-refractivity contribution < 1.29 is 32.3 Å². The molecule has 0 atom stereocenters. The second-order valence-corrected chi connectivity index (χ2v) is 4.01. The van der Waals surface area contributed by atoms with E-state index in [9.17, 15) is 27.2 Å².